The van der Waals surface area contributed by atoms with Gasteiger partial charge in [0.05, 0.1) is 0 Å². The van der Waals surface area contributed by atoms with Crippen LogP contribution in [0.4, 0.5) is 0 Å². The van der Waals surface area contributed by atoms with E-state index in [1.807, 2.05) is 18.3 Å². The third-order valence-corrected chi connectivity index (χ3v) is 3.91. The number of rotatable bonds is 4. The Morgan fingerprint density at radius 3 is 3.04 bits per heavy atom. The molecule has 5 nitrogen and oxygen atoms in total. The predicted octanol–water partition coefficient (Wildman–Crippen LogP) is 3.21. The topological polar surface area (TPSA) is 60.1 Å². The summed E-state index contributed by atoms with van der Waals surface area (Å²) in [5.74, 6) is -0.105. The molecule has 2 heterocycles. The molecule has 0 saturated heterocycles. The molecule has 23 heavy (non-hydrogen) atoms. The van der Waals surface area contributed by atoms with Crippen molar-refractivity contribution < 1.29 is 9.21 Å². The molecule has 0 atom stereocenters. The number of carbonyl (C=O) groups is 1. The Morgan fingerprint density at radius 2 is 2.09 bits per heavy atom. The minimum atomic E-state index is -0.105. The van der Waals surface area contributed by atoms with Gasteiger partial charge in [0.1, 0.15) is 5.52 Å². The van der Waals surface area contributed by atoms with Crippen LogP contribution in [0.1, 0.15) is 10.4 Å². The highest BCUT2D eigenvalue weighted by Crippen LogP contribution is 2.15. The third-order valence-electron chi connectivity index (χ3n) is 3.91. The molecule has 0 spiro atoms. The fourth-order valence-corrected chi connectivity index (χ4v) is 2.73. The summed E-state index contributed by atoms with van der Waals surface area (Å²) in [6.45, 7) is 1.29. The molecule has 0 unspecified atom stereocenters. The summed E-state index contributed by atoms with van der Waals surface area (Å²) in [5.41, 5.74) is 3.13. The first-order valence-corrected chi connectivity index (χ1v) is 7.46. The number of para-hydroxylation sites is 1. The van der Waals surface area contributed by atoms with E-state index in [0.29, 0.717) is 23.2 Å². The zero-order chi connectivity index (χ0) is 15.6. The number of hydrogen-bond donors (Lipinski definition) is 1. The lowest BCUT2D eigenvalue weighted by Crippen LogP contribution is -2.27. The molecule has 2 aromatic heterocycles. The predicted molar refractivity (Wildman–Crippen MR) is 88.3 cm³/mol. The van der Waals surface area contributed by atoms with Gasteiger partial charge in [-0.2, -0.15) is 0 Å². The standard InChI is InChI=1S/C18H15N3O2/c22-18(14-5-6-17-15(11-14)20-12-23-17)19-8-10-21-9-7-13-3-1-2-4-16(13)21/h1-7,9,11-12H,8,10H2,(H,19,22). The molecule has 0 saturated carbocycles. The largest absolute Gasteiger partial charge is 0.443 e. The second kappa shape index (κ2) is 5.61. The third kappa shape index (κ3) is 2.57. The van der Waals surface area contributed by atoms with Crippen molar-refractivity contribution in [2.45, 2.75) is 6.54 Å². The number of benzene rings is 2. The molecule has 0 aliphatic rings. The molecule has 5 heteroatoms. The Labute approximate surface area is 132 Å². The lowest BCUT2D eigenvalue weighted by molar-refractivity contribution is 0.0952. The Balaban J connectivity index is 1.43. The van der Waals surface area contributed by atoms with E-state index in [-0.39, 0.29) is 5.91 Å². The quantitative estimate of drug-likeness (QED) is 0.630. The number of hydrogen-bond acceptors (Lipinski definition) is 3. The summed E-state index contributed by atoms with van der Waals surface area (Å²) in [4.78, 5) is 16.3. The summed E-state index contributed by atoms with van der Waals surface area (Å²) in [6.07, 6.45) is 3.42. The Morgan fingerprint density at radius 1 is 1.17 bits per heavy atom. The molecular weight excluding hydrogens is 290 g/mol. The highest BCUT2D eigenvalue weighted by atomic mass is 16.3. The molecule has 1 N–H and O–H groups in total. The van der Waals surface area contributed by atoms with Gasteiger partial charge in [0.25, 0.3) is 5.91 Å². The van der Waals surface area contributed by atoms with Crippen LogP contribution in [-0.4, -0.2) is 22.0 Å². The van der Waals surface area contributed by atoms with Crippen molar-refractivity contribution in [1.82, 2.24) is 14.9 Å². The fraction of sp³-hybridized carbons (Fsp3) is 0.111. The average Bonchev–Trinajstić information content (AvgIpc) is 3.21. The summed E-state index contributed by atoms with van der Waals surface area (Å²) in [6, 6.07) is 15.5. The second-order valence-electron chi connectivity index (χ2n) is 5.36. The highest BCUT2D eigenvalue weighted by molar-refractivity contribution is 5.97. The van der Waals surface area contributed by atoms with Gasteiger partial charge in [-0.1, -0.05) is 18.2 Å². The molecule has 4 rings (SSSR count). The van der Waals surface area contributed by atoms with E-state index in [4.69, 9.17) is 4.42 Å². The van der Waals surface area contributed by atoms with Crippen molar-refractivity contribution in [2.24, 2.45) is 0 Å². The zero-order valence-electron chi connectivity index (χ0n) is 12.4. The molecule has 0 radical (unpaired) electrons. The van der Waals surface area contributed by atoms with E-state index >= 15 is 0 Å². The van der Waals surface area contributed by atoms with Gasteiger partial charge in [-0.25, -0.2) is 4.98 Å². The van der Waals surface area contributed by atoms with Gasteiger partial charge in [-0.15, -0.1) is 0 Å². The van der Waals surface area contributed by atoms with Gasteiger partial charge < -0.3 is 14.3 Å². The molecule has 114 valence electrons. The maximum Gasteiger partial charge on any atom is 0.251 e. The molecule has 1 amide bonds. The SMILES string of the molecule is O=C(NCCn1ccc2ccccc21)c1ccc2ocnc2c1. The lowest BCUT2D eigenvalue weighted by atomic mass is 10.2. The maximum absolute atomic E-state index is 12.2. The molecule has 2 aromatic carbocycles. The van der Waals surface area contributed by atoms with Crippen molar-refractivity contribution in [2.75, 3.05) is 6.54 Å². The van der Waals surface area contributed by atoms with Crippen LogP contribution in [0.25, 0.3) is 22.0 Å². The summed E-state index contributed by atoms with van der Waals surface area (Å²) < 4.78 is 7.31. The van der Waals surface area contributed by atoms with Crippen LogP contribution in [-0.2, 0) is 6.54 Å². The monoisotopic (exact) mass is 305 g/mol. The Bertz CT molecular complexity index is 984. The van der Waals surface area contributed by atoms with E-state index in [1.165, 1.54) is 17.3 Å². The van der Waals surface area contributed by atoms with Crippen LogP contribution in [0.2, 0.25) is 0 Å². The van der Waals surface area contributed by atoms with Crippen LogP contribution >= 0.6 is 0 Å². The van der Waals surface area contributed by atoms with Crippen molar-refractivity contribution in [3.8, 4) is 0 Å². The van der Waals surface area contributed by atoms with Gasteiger partial charge >= 0.3 is 0 Å². The molecule has 0 bridgehead atoms. The molecule has 0 fully saturated rings. The van der Waals surface area contributed by atoms with Crippen molar-refractivity contribution in [1.29, 1.82) is 0 Å². The van der Waals surface area contributed by atoms with Gasteiger partial charge in [-0.3, -0.25) is 4.79 Å². The van der Waals surface area contributed by atoms with Crippen molar-refractivity contribution in [3.05, 3.63) is 66.7 Å². The van der Waals surface area contributed by atoms with Gasteiger partial charge in [0.15, 0.2) is 12.0 Å². The van der Waals surface area contributed by atoms with Crippen LogP contribution in [0.3, 0.4) is 0 Å². The number of aromatic nitrogens is 2. The fourth-order valence-electron chi connectivity index (χ4n) is 2.73. The second-order valence-corrected chi connectivity index (χ2v) is 5.36. The minimum Gasteiger partial charge on any atom is -0.443 e. The van der Waals surface area contributed by atoms with E-state index < -0.39 is 0 Å². The van der Waals surface area contributed by atoms with Crippen LogP contribution in [0, 0.1) is 0 Å². The smallest absolute Gasteiger partial charge is 0.251 e. The van der Waals surface area contributed by atoms with Gasteiger partial charge in [-0.05, 0) is 35.7 Å². The molecule has 4 aromatic rings. The summed E-state index contributed by atoms with van der Waals surface area (Å²) in [7, 11) is 0. The molecule has 0 aliphatic carbocycles. The van der Waals surface area contributed by atoms with Crippen molar-refractivity contribution in [3.63, 3.8) is 0 Å². The average molecular weight is 305 g/mol. The maximum atomic E-state index is 12.2. The first-order valence-electron chi connectivity index (χ1n) is 7.46. The Kier molecular flexibility index (Phi) is 3.31. The number of fused-ring (bicyclic) bond motifs is 2. The van der Waals surface area contributed by atoms with Crippen molar-refractivity contribution >= 4 is 27.9 Å². The van der Waals surface area contributed by atoms with E-state index in [1.54, 1.807) is 18.2 Å². The Hall–Kier alpha value is -3.08. The van der Waals surface area contributed by atoms with E-state index in [9.17, 15) is 4.79 Å². The van der Waals surface area contributed by atoms with Gasteiger partial charge in [0.2, 0.25) is 0 Å². The number of carbonyl (C=O) groups excluding carboxylic acids is 1. The number of amides is 1. The number of oxazole rings is 1. The first-order chi connectivity index (χ1) is 11.3. The summed E-state index contributed by atoms with van der Waals surface area (Å²) in [5, 5.41) is 4.14. The summed E-state index contributed by atoms with van der Waals surface area (Å²) >= 11 is 0. The van der Waals surface area contributed by atoms with E-state index in [2.05, 4.69) is 33.1 Å². The van der Waals surface area contributed by atoms with Crippen LogP contribution in [0.15, 0.2) is 65.5 Å². The highest BCUT2D eigenvalue weighted by Gasteiger charge is 2.08. The number of nitrogens with zero attached hydrogens (tertiary/aromatic N) is 2. The normalized spacial score (nSPS) is 11.1. The lowest BCUT2D eigenvalue weighted by Gasteiger charge is -2.07. The van der Waals surface area contributed by atoms with E-state index in [0.717, 1.165) is 6.54 Å². The first kappa shape index (κ1) is 13.6. The minimum absolute atomic E-state index is 0.105. The van der Waals surface area contributed by atoms with Crippen LogP contribution < -0.4 is 5.32 Å². The zero-order valence-corrected chi connectivity index (χ0v) is 12.4. The van der Waals surface area contributed by atoms with Crippen LogP contribution in [0.5, 0.6) is 0 Å². The molecular formula is C18H15N3O2. The molecule has 0 aliphatic heterocycles. The number of nitrogens with one attached hydrogen (secondary N) is 1. The van der Waals surface area contributed by atoms with Gasteiger partial charge in [0, 0.05) is 30.4 Å².